The van der Waals surface area contributed by atoms with Gasteiger partial charge in [0.1, 0.15) is 13.2 Å². The number of allylic oxidation sites excluding steroid dienone is 4. The van der Waals surface area contributed by atoms with E-state index >= 15 is 0 Å². The van der Waals surface area contributed by atoms with E-state index < -0.39 is 0 Å². The maximum atomic E-state index is 13.0. The Hall–Kier alpha value is -1.80. The molecule has 0 bridgehead atoms. The number of carbonyl (C=O) groups excluding carboxylic acids is 2. The number of thioether (sulfide) groups is 1. The number of unbranched alkanes of at least 4 members (excludes halogenated alkanes) is 22. The molecule has 0 aliphatic carbocycles. The molecule has 7 nitrogen and oxygen atoms in total. The number of hydrogen-bond acceptors (Lipinski definition) is 7. The minimum atomic E-state index is -0.182. The van der Waals surface area contributed by atoms with E-state index in [1.165, 1.54) is 128 Å². The molecule has 0 rings (SSSR count). The number of nitrogens with zero attached hydrogens (tertiary/aromatic N) is 2. The van der Waals surface area contributed by atoms with E-state index in [0.29, 0.717) is 44.2 Å². The molecular weight excluding hydrogens is 691 g/mol. The third kappa shape index (κ3) is 39.9. The third-order valence-electron chi connectivity index (χ3n) is 9.83. The Morgan fingerprint density at radius 3 is 1.41 bits per heavy atom. The van der Waals surface area contributed by atoms with E-state index in [1.807, 2.05) is 14.1 Å². The minimum Gasteiger partial charge on any atom is -0.479 e. The molecule has 0 fully saturated rings. The van der Waals surface area contributed by atoms with Crippen molar-refractivity contribution in [3.05, 3.63) is 24.3 Å². The molecule has 0 radical (unpaired) electrons. The van der Waals surface area contributed by atoms with Crippen LogP contribution in [-0.4, -0.2) is 86.0 Å². The van der Waals surface area contributed by atoms with Gasteiger partial charge in [-0.15, -0.1) is 0 Å². The largest absolute Gasteiger partial charge is 0.479 e. The van der Waals surface area contributed by atoms with Crippen molar-refractivity contribution in [3.8, 4) is 0 Å². The molecule has 0 heterocycles. The van der Waals surface area contributed by atoms with Crippen molar-refractivity contribution in [3.63, 3.8) is 0 Å². The highest BCUT2D eigenvalue weighted by atomic mass is 32.2. The van der Waals surface area contributed by atoms with E-state index in [9.17, 15) is 9.59 Å². The summed E-state index contributed by atoms with van der Waals surface area (Å²) < 4.78 is 11.2. The van der Waals surface area contributed by atoms with Gasteiger partial charge in [0.2, 0.25) is 5.91 Å². The summed E-state index contributed by atoms with van der Waals surface area (Å²) in [7, 11) is 4.06. The predicted octanol–water partition coefficient (Wildman–Crippen LogP) is 12.7. The molecule has 0 unspecified atom stereocenters. The molecule has 54 heavy (non-hydrogen) atoms. The first kappa shape index (κ1) is 52.2. The zero-order valence-electron chi connectivity index (χ0n) is 36.0. The summed E-state index contributed by atoms with van der Waals surface area (Å²) in [6, 6.07) is 0. The number of esters is 1. The Kier molecular flexibility index (Phi) is 40.9. The van der Waals surface area contributed by atoms with Crippen LogP contribution >= 0.6 is 11.8 Å². The highest BCUT2D eigenvalue weighted by Crippen LogP contribution is 2.12. The van der Waals surface area contributed by atoms with Crippen LogP contribution in [0.4, 0.5) is 0 Å². The van der Waals surface area contributed by atoms with E-state index in [1.54, 1.807) is 16.7 Å². The van der Waals surface area contributed by atoms with Crippen molar-refractivity contribution in [2.24, 2.45) is 0 Å². The normalized spacial score (nSPS) is 11.6. The van der Waals surface area contributed by atoms with Crippen molar-refractivity contribution in [2.45, 2.75) is 194 Å². The van der Waals surface area contributed by atoms with Gasteiger partial charge in [0.05, 0.1) is 18.8 Å². The second kappa shape index (κ2) is 42.3. The van der Waals surface area contributed by atoms with Crippen molar-refractivity contribution in [1.29, 1.82) is 5.41 Å². The summed E-state index contributed by atoms with van der Waals surface area (Å²) >= 11 is 1.62. The highest BCUT2D eigenvalue weighted by Gasteiger charge is 2.15. The maximum Gasteiger partial charge on any atom is 0.305 e. The van der Waals surface area contributed by atoms with E-state index in [0.717, 1.165) is 50.8 Å². The van der Waals surface area contributed by atoms with E-state index in [2.05, 4.69) is 43.1 Å². The summed E-state index contributed by atoms with van der Waals surface area (Å²) in [6.07, 6.45) is 42.8. The average Bonchev–Trinajstić information content (AvgIpc) is 3.15. The zero-order chi connectivity index (χ0) is 39.6. The molecule has 0 aliphatic heterocycles. The molecule has 1 amide bonds. The smallest absolute Gasteiger partial charge is 0.305 e. The lowest BCUT2D eigenvalue weighted by Crippen LogP contribution is -2.38. The second-order valence-corrected chi connectivity index (χ2v) is 16.5. The van der Waals surface area contributed by atoms with Gasteiger partial charge in [-0.05, 0) is 78.3 Å². The van der Waals surface area contributed by atoms with Crippen molar-refractivity contribution < 1.29 is 19.1 Å². The van der Waals surface area contributed by atoms with Gasteiger partial charge in [-0.25, -0.2) is 0 Å². The topological polar surface area (TPSA) is 82.9 Å². The zero-order valence-corrected chi connectivity index (χ0v) is 36.8. The van der Waals surface area contributed by atoms with Gasteiger partial charge in [-0.3, -0.25) is 15.0 Å². The van der Waals surface area contributed by atoms with Gasteiger partial charge in [0.25, 0.3) is 0 Å². The van der Waals surface area contributed by atoms with Crippen LogP contribution in [0, 0.1) is 5.41 Å². The van der Waals surface area contributed by atoms with Gasteiger partial charge in [0.15, 0.2) is 5.90 Å². The molecule has 0 saturated heterocycles. The van der Waals surface area contributed by atoms with Crippen LogP contribution in [0.25, 0.3) is 0 Å². The van der Waals surface area contributed by atoms with Gasteiger partial charge in [-0.1, -0.05) is 141 Å². The SMILES string of the molecule is CCCCCCCC/C=C\CCCCCCCC(=N)OCCN(CCOC(=O)CCCCCCC/C=C\CCCCCCCC)C(=O)CSCCN(C)C. The number of rotatable bonds is 41. The summed E-state index contributed by atoms with van der Waals surface area (Å²) in [5.41, 5.74) is 0. The van der Waals surface area contributed by atoms with Crippen LogP contribution < -0.4 is 0 Å². The van der Waals surface area contributed by atoms with Gasteiger partial charge in [0, 0.05) is 25.1 Å². The van der Waals surface area contributed by atoms with Crippen LogP contribution in [0.3, 0.4) is 0 Å². The molecule has 0 aromatic carbocycles. The summed E-state index contributed by atoms with van der Waals surface area (Å²) in [4.78, 5) is 29.3. The van der Waals surface area contributed by atoms with Crippen LogP contribution in [0.5, 0.6) is 0 Å². The summed E-state index contributed by atoms with van der Waals surface area (Å²) in [5, 5.41) is 8.25. The van der Waals surface area contributed by atoms with Gasteiger partial charge < -0.3 is 19.3 Å². The predicted molar refractivity (Wildman–Crippen MR) is 236 cm³/mol. The minimum absolute atomic E-state index is 0.0273. The maximum absolute atomic E-state index is 13.0. The van der Waals surface area contributed by atoms with Gasteiger partial charge >= 0.3 is 5.97 Å². The fourth-order valence-corrected chi connectivity index (χ4v) is 7.24. The van der Waals surface area contributed by atoms with E-state index in [4.69, 9.17) is 14.9 Å². The average molecular weight is 778 g/mol. The lowest BCUT2D eigenvalue weighted by atomic mass is 10.1. The number of ether oxygens (including phenoxy) is 2. The molecule has 0 atom stereocenters. The number of nitrogens with one attached hydrogen (secondary N) is 1. The van der Waals surface area contributed by atoms with Crippen molar-refractivity contribution >= 4 is 29.5 Å². The molecule has 0 aliphatic rings. The molecule has 0 aromatic rings. The highest BCUT2D eigenvalue weighted by molar-refractivity contribution is 7.99. The Morgan fingerprint density at radius 2 is 0.944 bits per heavy atom. The molecule has 1 N–H and O–H groups in total. The van der Waals surface area contributed by atoms with Crippen LogP contribution in [0.15, 0.2) is 24.3 Å². The first-order valence-electron chi connectivity index (χ1n) is 22.6. The quantitative estimate of drug-likeness (QED) is 0.0219. The molecule has 0 saturated carbocycles. The van der Waals surface area contributed by atoms with Crippen LogP contribution in [0.2, 0.25) is 0 Å². The Morgan fingerprint density at radius 1 is 0.537 bits per heavy atom. The lowest BCUT2D eigenvalue weighted by Gasteiger charge is -2.23. The lowest BCUT2D eigenvalue weighted by molar-refractivity contribution is -0.145. The number of carbonyl (C=O) groups is 2. The fourth-order valence-electron chi connectivity index (χ4n) is 6.25. The molecule has 0 spiro atoms. The summed E-state index contributed by atoms with van der Waals surface area (Å²) in [5.74, 6) is 1.42. The van der Waals surface area contributed by atoms with Crippen LogP contribution in [-0.2, 0) is 19.1 Å². The fraction of sp³-hybridized carbons (Fsp3) is 0.848. The molecule has 316 valence electrons. The number of hydrogen-bond donors (Lipinski definition) is 1. The number of amides is 1. The monoisotopic (exact) mass is 778 g/mol. The Balaban J connectivity index is 4.11. The standard InChI is InChI=1S/C46H87N3O4S/c1-5-7-9-11-13-15-17-19-21-23-25-27-29-31-33-35-44(47)52-40-37-49(45(50)43-54-42-39-48(3)4)38-41-53-46(51)36-34-32-30-28-26-24-22-20-18-16-14-12-10-8-6-2/h19-22,47H,5-18,23-43H2,1-4H3/b21-19-,22-20-,47-44?. The van der Waals surface area contributed by atoms with Gasteiger partial charge in [-0.2, -0.15) is 11.8 Å². The Labute approximate surface area is 339 Å². The third-order valence-corrected chi connectivity index (χ3v) is 10.8. The summed E-state index contributed by atoms with van der Waals surface area (Å²) in [6.45, 7) is 6.70. The first-order valence-corrected chi connectivity index (χ1v) is 23.7. The molecule has 0 aromatic heterocycles. The second-order valence-electron chi connectivity index (χ2n) is 15.4. The van der Waals surface area contributed by atoms with Crippen molar-refractivity contribution in [2.75, 3.05) is 58.4 Å². The first-order chi connectivity index (χ1) is 26.4. The Bertz CT molecular complexity index is 852. The van der Waals surface area contributed by atoms with E-state index in [-0.39, 0.29) is 18.5 Å². The van der Waals surface area contributed by atoms with Crippen LogP contribution in [0.1, 0.15) is 194 Å². The molecule has 8 heteroatoms. The molecular formula is C46H87N3O4S. The van der Waals surface area contributed by atoms with Crippen molar-refractivity contribution in [1.82, 2.24) is 9.80 Å².